The van der Waals surface area contributed by atoms with Crippen molar-refractivity contribution in [2.45, 2.75) is 38.0 Å². The molecule has 0 bridgehead atoms. The zero-order valence-corrected chi connectivity index (χ0v) is 11.7. The number of hydrogen-bond donors (Lipinski definition) is 0. The van der Waals surface area contributed by atoms with Gasteiger partial charge in [0.25, 0.3) is 0 Å². The van der Waals surface area contributed by atoms with Gasteiger partial charge in [0.1, 0.15) is 5.78 Å². The Balaban J connectivity index is 1.69. The number of hydrogen-bond acceptors (Lipinski definition) is 1. The molecule has 0 saturated heterocycles. The highest BCUT2D eigenvalue weighted by atomic mass is 16.1. The van der Waals surface area contributed by atoms with Crippen molar-refractivity contribution < 1.29 is 4.79 Å². The van der Waals surface area contributed by atoms with Gasteiger partial charge in [-0.3, -0.25) is 4.79 Å². The van der Waals surface area contributed by atoms with Crippen molar-refractivity contribution in [2.75, 3.05) is 0 Å². The van der Waals surface area contributed by atoms with E-state index in [1.165, 1.54) is 16.7 Å². The molecule has 1 aliphatic carbocycles. The van der Waals surface area contributed by atoms with Gasteiger partial charge < -0.3 is 0 Å². The van der Waals surface area contributed by atoms with Crippen LogP contribution < -0.4 is 0 Å². The summed E-state index contributed by atoms with van der Waals surface area (Å²) in [5.74, 6) is 0.532. The standard InChI is InChI=1S/C19H20O/c20-19(14-13-15-7-2-1-3-8-15)18-12-6-10-16-9-4-5-11-17(16)18/h1-5,7-9,11,18H,6,10,12-14H2. The lowest BCUT2D eigenvalue weighted by Gasteiger charge is -2.24. The van der Waals surface area contributed by atoms with Crippen molar-refractivity contribution in [3.63, 3.8) is 0 Å². The van der Waals surface area contributed by atoms with Gasteiger partial charge in [-0.05, 0) is 42.4 Å². The SMILES string of the molecule is O=C(CCc1ccccc1)C1CCCc2ccccc21. The molecule has 1 heteroatoms. The normalized spacial score (nSPS) is 17.5. The maximum atomic E-state index is 12.5. The minimum Gasteiger partial charge on any atom is -0.299 e. The third kappa shape index (κ3) is 2.82. The van der Waals surface area contributed by atoms with Gasteiger partial charge in [0.05, 0.1) is 0 Å². The fraction of sp³-hybridized carbons (Fsp3) is 0.316. The van der Waals surface area contributed by atoms with Gasteiger partial charge in [-0.2, -0.15) is 0 Å². The first-order valence-corrected chi connectivity index (χ1v) is 7.49. The summed E-state index contributed by atoms with van der Waals surface area (Å²) in [6.45, 7) is 0. The van der Waals surface area contributed by atoms with Crippen molar-refractivity contribution in [1.29, 1.82) is 0 Å². The average molecular weight is 264 g/mol. The van der Waals surface area contributed by atoms with E-state index in [-0.39, 0.29) is 5.92 Å². The van der Waals surface area contributed by atoms with E-state index >= 15 is 0 Å². The number of ketones is 1. The highest BCUT2D eigenvalue weighted by Gasteiger charge is 2.25. The maximum absolute atomic E-state index is 12.5. The summed E-state index contributed by atoms with van der Waals surface area (Å²) in [5, 5.41) is 0. The maximum Gasteiger partial charge on any atom is 0.140 e. The summed E-state index contributed by atoms with van der Waals surface area (Å²) in [6.07, 6.45) is 4.80. The Labute approximate surface area is 120 Å². The second-order valence-corrected chi connectivity index (χ2v) is 5.60. The van der Waals surface area contributed by atoms with E-state index in [0.717, 1.165) is 25.7 Å². The number of fused-ring (bicyclic) bond motifs is 1. The van der Waals surface area contributed by atoms with Crippen molar-refractivity contribution in [3.05, 3.63) is 71.3 Å². The molecule has 102 valence electrons. The molecule has 0 amide bonds. The third-order valence-electron chi connectivity index (χ3n) is 4.26. The van der Waals surface area contributed by atoms with Crippen LogP contribution in [0.2, 0.25) is 0 Å². The van der Waals surface area contributed by atoms with Gasteiger partial charge in [0, 0.05) is 12.3 Å². The predicted molar refractivity (Wildman–Crippen MR) is 81.9 cm³/mol. The molecule has 1 unspecified atom stereocenters. The fourth-order valence-corrected chi connectivity index (χ4v) is 3.17. The smallest absolute Gasteiger partial charge is 0.140 e. The molecule has 0 aromatic heterocycles. The first kappa shape index (κ1) is 13.1. The number of aryl methyl sites for hydroxylation is 2. The molecule has 0 fully saturated rings. The van der Waals surface area contributed by atoms with E-state index in [4.69, 9.17) is 0 Å². The molecule has 1 nitrogen and oxygen atoms in total. The van der Waals surface area contributed by atoms with Crippen LogP contribution in [0.15, 0.2) is 54.6 Å². The molecule has 1 atom stereocenters. The Morgan fingerprint density at radius 3 is 2.60 bits per heavy atom. The quantitative estimate of drug-likeness (QED) is 0.804. The molecule has 20 heavy (non-hydrogen) atoms. The van der Waals surface area contributed by atoms with Gasteiger partial charge in [0.2, 0.25) is 0 Å². The molecule has 0 aliphatic heterocycles. The number of carbonyl (C=O) groups excluding carboxylic acids is 1. The highest BCUT2D eigenvalue weighted by molar-refractivity contribution is 5.86. The lowest BCUT2D eigenvalue weighted by molar-refractivity contribution is -0.120. The minimum atomic E-state index is 0.128. The number of Topliss-reactive ketones (excluding diaryl/α,β-unsaturated/α-hetero) is 1. The molecule has 3 rings (SSSR count). The van der Waals surface area contributed by atoms with Crippen LogP contribution in [-0.4, -0.2) is 5.78 Å². The van der Waals surface area contributed by atoms with Gasteiger partial charge in [-0.25, -0.2) is 0 Å². The molecule has 0 spiro atoms. The van der Waals surface area contributed by atoms with Gasteiger partial charge in [-0.15, -0.1) is 0 Å². The van der Waals surface area contributed by atoms with E-state index in [0.29, 0.717) is 12.2 Å². The number of benzene rings is 2. The lowest BCUT2D eigenvalue weighted by Crippen LogP contribution is -2.18. The number of rotatable bonds is 4. The van der Waals surface area contributed by atoms with Crippen LogP contribution in [0.5, 0.6) is 0 Å². The largest absolute Gasteiger partial charge is 0.299 e. The van der Waals surface area contributed by atoms with Crippen molar-refractivity contribution in [1.82, 2.24) is 0 Å². The zero-order valence-electron chi connectivity index (χ0n) is 11.7. The monoisotopic (exact) mass is 264 g/mol. The van der Waals surface area contributed by atoms with Crippen molar-refractivity contribution >= 4 is 5.78 Å². The van der Waals surface area contributed by atoms with Crippen LogP contribution in [0.3, 0.4) is 0 Å². The van der Waals surface area contributed by atoms with Crippen LogP contribution >= 0.6 is 0 Å². The number of carbonyl (C=O) groups is 1. The molecular formula is C19H20O. The zero-order chi connectivity index (χ0) is 13.8. The van der Waals surface area contributed by atoms with Crippen LogP contribution in [0.25, 0.3) is 0 Å². The summed E-state index contributed by atoms with van der Waals surface area (Å²) in [4.78, 5) is 12.5. The molecule has 0 heterocycles. The first-order chi connectivity index (χ1) is 9.84. The van der Waals surface area contributed by atoms with Crippen molar-refractivity contribution in [2.24, 2.45) is 0 Å². The van der Waals surface area contributed by atoms with Gasteiger partial charge in [-0.1, -0.05) is 54.6 Å². The van der Waals surface area contributed by atoms with E-state index in [1.807, 2.05) is 18.2 Å². The first-order valence-electron chi connectivity index (χ1n) is 7.49. The molecule has 0 N–H and O–H groups in total. The highest BCUT2D eigenvalue weighted by Crippen LogP contribution is 2.33. The summed E-state index contributed by atoms with van der Waals surface area (Å²) in [7, 11) is 0. The minimum absolute atomic E-state index is 0.128. The Morgan fingerprint density at radius 1 is 1.00 bits per heavy atom. The summed E-state index contributed by atoms with van der Waals surface area (Å²) in [5.41, 5.74) is 3.90. The van der Waals surface area contributed by atoms with Crippen LogP contribution in [0.1, 0.15) is 41.9 Å². The molecule has 0 saturated carbocycles. The van der Waals surface area contributed by atoms with E-state index in [2.05, 4.69) is 36.4 Å². The second kappa shape index (κ2) is 6.04. The van der Waals surface area contributed by atoms with E-state index < -0.39 is 0 Å². The van der Waals surface area contributed by atoms with Crippen LogP contribution in [-0.2, 0) is 17.6 Å². The van der Waals surface area contributed by atoms with Crippen LogP contribution in [0, 0.1) is 0 Å². The van der Waals surface area contributed by atoms with Crippen LogP contribution in [0.4, 0.5) is 0 Å². The van der Waals surface area contributed by atoms with Gasteiger partial charge >= 0.3 is 0 Å². The summed E-state index contributed by atoms with van der Waals surface area (Å²) >= 11 is 0. The average Bonchev–Trinajstić information content (AvgIpc) is 2.53. The summed E-state index contributed by atoms with van der Waals surface area (Å²) in [6, 6.07) is 18.7. The Hall–Kier alpha value is -1.89. The van der Waals surface area contributed by atoms with Crippen molar-refractivity contribution in [3.8, 4) is 0 Å². The van der Waals surface area contributed by atoms with E-state index in [9.17, 15) is 4.79 Å². The molecule has 0 radical (unpaired) electrons. The predicted octanol–water partition coefficient (Wildman–Crippen LogP) is 4.31. The van der Waals surface area contributed by atoms with E-state index in [1.54, 1.807) is 0 Å². The van der Waals surface area contributed by atoms with Gasteiger partial charge in [0.15, 0.2) is 0 Å². The molecular weight excluding hydrogens is 244 g/mol. The Bertz CT molecular complexity index is 586. The summed E-state index contributed by atoms with van der Waals surface area (Å²) < 4.78 is 0. The third-order valence-corrected chi connectivity index (χ3v) is 4.26. The molecule has 2 aromatic rings. The lowest BCUT2D eigenvalue weighted by atomic mass is 9.79. The topological polar surface area (TPSA) is 17.1 Å². The molecule has 1 aliphatic rings. The second-order valence-electron chi connectivity index (χ2n) is 5.60. The fourth-order valence-electron chi connectivity index (χ4n) is 3.17. The Morgan fingerprint density at radius 2 is 1.75 bits per heavy atom. The molecule has 2 aromatic carbocycles. The Kier molecular flexibility index (Phi) is 3.96.